The molecule has 1 aliphatic heterocycles. The van der Waals surface area contributed by atoms with E-state index in [0.29, 0.717) is 61.1 Å². The third kappa shape index (κ3) is 3.47. The summed E-state index contributed by atoms with van der Waals surface area (Å²) < 4.78 is 5.08. The van der Waals surface area contributed by atoms with Crippen LogP contribution < -0.4 is 5.73 Å². The minimum Gasteiger partial charge on any atom is -0.384 e. The van der Waals surface area contributed by atoms with Crippen molar-refractivity contribution < 1.29 is 14.1 Å². The Morgan fingerprint density at radius 1 is 1.08 bits per heavy atom. The number of nitrogens with zero attached hydrogens (tertiary/aromatic N) is 4. The van der Waals surface area contributed by atoms with Crippen LogP contribution in [0.5, 0.6) is 0 Å². The minimum atomic E-state index is -0.168. The lowest BCUT2D eigenvalue weighted by Crippen LogP contribution is -2.38. The fourth-order valence-electron chi connectivity index (χ4n) is 3.00. The molecule has 8 nitrogen and oxygen atoms in total. The Hall–Kier alpha value is -2.90. The summed E-state index contributed by atoms with van der Waals surface area (Å²) in [6, 6.07) is 5.00. The van der Waals surface area contributed by atoms with E-state index in [1.54, 1.807) is 41.8 Å². The van der Waals surface area contributed by atoms with Gasteiger partial charge in [-0.15, -0.1) is 0 Å². The van der Waals surface area contributed by atoms with Crippen LogP contribution in [0.3, 0.4) is 0 Å². The highest BCUT2D eigenvalue weighted by Gasteiger charge is 2.27. The number of pyridine rings is 1. The predicted octanol–water partition coefficient (Wildman–Crippen LogP) is 1.26. The van der Waals surface area contributed by atoms with Crippen LogP contribution in [-0.2, 0) is 0 Å². The zero-order valence-electron chi connectivity index (χ0n) is 14.4. The van der Waals surface area contributed by atoms with Crippen molar-refractivity contribution in [2.75, 3.05) is 31.9 Å². The first-order valence-corrected chi connectivity index (χ1v) is 8.21. The SMILES string of the molecule is Cc1noc(C)c1C(=O)N1CCCN(C(=O)c2cccc(N)n2)CC1. The molecule has 2 N–H and O–H groups in total. The molecule has 0 aliphatic carbocycles. The monoisotopic (exact) mass is 343 g/mol. The van der Waals surface area contributed by atoms with Gasteiger partial charge in [-0.05, 0) is 32.4 Å². The third-order valence-corrected chi connectivity index (χ3v) is 4.31. The maximum Gasteiger partial charge on any atom is 0.272 e. The zero-order valence-corrected chi connectivity index (χ0v) is 14.4. The molecule has 0 spiro atoms. The Balaban J connectivity index is 1.70. The molecule has 1 fully saturated rings. The summed E-state index contributed by atoms with van der Waals surface area (Å²) in [5.74, 6) is 0.561. The molecule has 25 heavy (non-hydrogen) atoms. The molecule has 0 bridgehead atoms. The molecule has 1 saturated heterocycles. The van der Waals surface area contributed by atoms with Gasteiger partial charge in [0, 0.05) is 26.2 Å². The summed E-state index contributed by atoms with van der Waals surface area (Å²) in [6.07, 6.45) is 0.698. The summed E-state index contributed by atoms with van der Waals surface area (Å²) in [4.78, 5) is 32.9. The molecule has 2 aromatic heterocycles. The van der Waals surface area contributed by atoms with Crippen molar-refractivity contribution in [1.82, 2.24) is 19.9 Å². The summed E-state index contributed by atoms with van der Waals surface area (Å²) in [6.45, 7) is 5.54. The number of carbonyl (C=O) groups excluding carboxylic acids is 2. The van der Waals surface area contributed by atoms with Gasteiger partial charge in [0.05, 0.1) is 5.69 Å². The maximum absolute atomic E-state index is 12.7. The molecule has 3 heterocycles. The van der Waals surface area contributed by atoms with Gasteiger partial charge < -0.3 is 20.1 Å². The lowest BCUT2D eigenvalue weighted by Gasteiger charge is -2.22. The van der Waals surface area contributed by atoms with Crippen LogP contribution in [0.15, 0.2) is 22.7 Å². The van der Waals surface area contributed by atoms with E-state index in [9.17, 15) is 9.59 Å². The maximum atomic E-state index is 12.7. The van der Waals surface area contributed by atoms with Gasteiger partial charge in [-0.25, -0.2) is 4.98 Å². The first kappa shape index (κ1) is 16.9. The van der Waals surface area contributed by atoms with Crippen molar-refractivity contribution in [2.24, 2.45) is 0 Å². The lowest BCUT2D eigenvalue weighted by molar-refractivity contribution is 0.0714. The minimum absolute atomic E-state index is 0.104. The van der Waals surface area contributed by atoms with Crippen LogP contribution in [-0.4, -0.2) is 57.9 Å². The summed E-state index contributed by atoms with van der Waals surface area (Å²) in [5.41, 5.74) is 7.07. The lowest BCUT2D eigenvalue weighted by atomic mass is 10.1. The molecule has 0 atom stereocenters. The van der Waals surface area contributed by atoms with Crippen molar-refractivity contribution >= 4 is 17.6 Å². The van der Waals surface area contributed by atoms with Crippen molar-refractivity contribution in [1.29, 1.82) is 0 Å². The number of hydrogen-bond donors (Lipinski definition) is 1. The molecule has 2 amide bonds. The van der Waals surface area contributed by atoms with E-state index in [1.807, 2.05) is 0 Å². The molecule has 2 aromatic rings. The van der Waals surface area contributed by atoms with E-state index in [1.165, 1.54) is 0 Å². The van der Waals surface area contributed by atoms with Crippen LogP contribution >= 0.6 is 0 Å². The molecule has 132 valence electrons. The standard InChI is InChI=1S/C17H21N5O3/c1-11-15(12(2)25-20-11)17(24)22-8-4-7-21(9-10-22)16(23)13-5-3-6-14(18)19-13/h3,5-6H,4,7-10H2,1-2H3,(H2,18,19). The van der Waals surface area contributed by atoms with E-state index in [4.69, 9.17) is 10.3 Å². The van der Waals surface area contributed by atoms with E-state index in [0.717, 1.165) is 0 Å². The van der Waals surface area contributed by atoms with Gasteiger partial charge in [-0.3, -0.25) is 9.59 Å². The summed E-state index contributed by atoms with van der Waals surface area (Å²) in [5, 5.41) is 3.84. The molecule has 3 rings (SSSR count). The van der Waals surface area contributed by atoms with Gasteiger partial charge in [0.1, 0.15) is 22.8 Å². The molecular formula is C17H21N5O3. The van der Waals surface area contributed by atoms with Crippen LogP contribution in [0.1, 0.15) is 38.7 Å². The van der Waals surface area contributed by atoms with Gasteiger partial charge in [-0.2, -0.15) is 0 Å². The fourth-order valence-corrected chi connectivity index (χ4v) is 3.00. The molecule has 0 unspecified atom stereocenters. The average Bonchev–Trinajstić information content (AvgIpc) is 2.80. The number of nitrogens with two attached hydrogens (primary N) is 1. The predicted molar refractivity (Wildman–Crippen MR) is 91.1 cm³/mol. The molecular weight excluding hydrogens is 322 g/mol. The normalized spacial score (nSPS) is 15.1. The second-order valence-corrected chi connectivity index (χ2v) is 6.08. The van der Waals surface area contributed by atoms with Gasteiger partial charge in [-0.1, -0.05) is 11.2 Å². The van der Waals surface area contributed by atoms with Crippen LogP contribution in [0, 0.1) is 13.8 Å². The highest BCUT2D eigenvalue weighted by molar-refractivity contribution is 5.96. The second kappa shape index (κ2) is 6.92. The first-order chi connectivity index (χ1) is 12.0. The highest BCUT2D eigenvalue weighted by Crippen LogP contribution is 2.17. The van der Waals surface area contributed by atoms with E-state index in [2.05, 4.69) is 10.1 Å². The highest BCUT2D eigenvalue weighted by atomic mass is 16.5. The van der Waals surface area contributed by atoms with Crippen molar-refractivity contribution in [2.45, 2.75) is 20.3 Å². The quantitative estimate of drug-likeness (QED) is 0.880. The van der Waals surface area contributed by atoms with Crippen LogP contribution in [0.2, 0.25) is 0 Å². The Morgan fingerprint density at radius 2 is 1.76 bits per heavy atom. The van der Waals surface area contributed by atoms with E-state index >= 15 is 0 Å². The zero-order chi connectivity index (χ0) is 18.0. The number of anilines is 1. The number of amides is 2. The largest absolute Gasteiger partial charge is 0.384 e. The number of hydrogen-bond acceptors (Lipinski definition) is 6. The second-order valence-electron chi connectivity index (χ2n) is 6.08. The Morgan fingerprint density at radius 3 is 2.36 bits per heavy atom. The fraction of sp³-hybridized carbons (Fsp3) is 0.412. The molecule has 0 saturated carbocycles. The Labute approximate surface area is 145 Å². The van der Waals surface area contributed by atoms with Crippen LogP contribution in [0.25, 0.3) is 0 Å². The number of aryl methyl sites for hydroxylation is 2. The number of rotatable bonds is 2. The molecule has 0 radical (unpaired) electrons. The summed E-state index contributed by atoms with van der Waals surface area (Å²) >= 11 is 0. The number of aromatic nitrogens is 2. The first-order valence-electron chi connectivity index (χ1n) is 8.21. The molecule has 8 heteroatoms. The molecule has 0 aromatic carbocycles. The van der Waals surface area contributed by atoms with Crippen molar-refractivity contribution in [3.05, 3.63) is 40.9 Å². The average molecular weight is 343 g/mol. The molecule has 1 aliphatic rings. The number of carbonyl (C=O) groups is 2. The van der Waals surface area contributed by atoms with Crippen molar-refractivity contribution in [3.8, 4) is 0 Å². The van der Waals surface area contributed by atoms with E-state index in [-0.39, 0.29) is 11.8 Å². The Bertz CT molecular complexity index is 782. The van der Waals surface area contributed by atoms with Crippen LogP contribution in [0.4, 0.5) is 5.82 Å². The van der Waals surface area contributed by atoms with Gasteiger partial charge in [0.25, 0.3) is 11.8 Å². The number of nitrogen functional groups attached to an aromatic ring is 1. The smallest absolute Gasteiger partial charge is 0.272 e. The topological polar surface area (TPSA) is 106 Å². The van der Waals surface area contributed by atoms with Gasteiger partial charge in [0.15, 0.2) is 0 Å². The van der Waals surface area contributed by atoms with E-state index < -0.39 is 0 Å². The third-order valence-electron chi connectivity index (χ3n) is 4.31. The van der Waals surface area contributed by atoms with Gasteiger partial charge >= 0.3 is 0 Å². The Kier molecular flexibility index (Phi) is 4.69. The van der Waals surface area contributed by atoms with Crippen molar-refractivity contribution in [3.63, 3.8) is 0 Å². The van der Waals surface area contributed by atoms with Gasteiger partial charge in [0.2, 0.25) is 0 Å². The summed E-state index contributed by atoms with van der Waals surface area (Å²) in [7, 11) is 0.